The Bertz CT molecular complexity index is 479. The maximum Gasteiger partial charge on any atom is 0.0273 e. The van der Waals surface area contributed by atoms with E-state index < -0.39 is 0 Å². The maximum absolute atomic E-state index is 2.24. The van der Waals surface area contributed by atoms with Gasteiger partial charge in [-0.05, 0) is 48.3 Å². The molecule has 0 fully saturated rings. The molecule has 2 aromatic heterocycles. The van der Waals surface area contributed by atoms with Crippen LogP contribution in [0.3, 0.4) is 0 Å². The van der Waals surface area contributed by atoms with E-state index in [9.17, 15) is 0 Å². The molecule has 0 saturated carbocycles. The molecular weight excluding hydrogens is 256 g/mol. The lowest BCUT2D eigenvalue weighted by molar-refractivity contribution is 0.890. The molecule has 0 radical (unpaired) electrons. The zero-order valence-corrected chi connectivity index (χ0v) is 13.1. The molecule has 0 nitrogen and oxygen atoms in total. The van der Waals surface area contributed by atoms with Gasteiger partial charge in [0, 0.05) is 19.5 Å². The van der Waals surface area contributed by atoms with Crippen molar-refractivity contribution < 1.29 is 0 Å². The molecule has 2 aromatic rings. The van der Waals surface area contributed by atoms with Crippen molar-refractivity contribution in [2.45, 2.75) is 39.5 Å². The summed E-state index contributed by atoms with van der Waals surface area (Å²) < 4.78 is 0. The van der Waals surface area contributed by atoms with Crippen molar-refractivity contribution in [3.63, 3.8) is 0 Å². The summed E-state index contributed by atoms with van der Waals surface area (Å²) in [6.45, 7) is 8.97. The lowest BCUT2D eigenvalue weighted by atomic mass is 10.2. The van der Waals surface area contributed by atoms with E-state index in [1.165, 1.54) is 19.5 Å². The summed E-state index contributed by atoms with van der Waals surface area (Å²) in [7, 11) is 0. The van der Waals surface area contributed by atoms with Crippen LogP contribution in [-0.4, -0.2) is 0 Å². The minimum atomic E-state index is 0.631. The predicted octanol–water partition coefficient (Wildman–Crippen LogP) is 6.23. The Kier molecular flexibility index (Phi) is 4.41. The molecule has 0 spiro atoms. The minimum Gasteiger partial charge on any atom is -0.141 e. The number of thiophene rings is 2. The number of hydrogen-bond acceptors (Lipinski definition) is 2. The van der Waals surface area contributed by atoms with Gasteiger partial charge in [0.05, 0.1) is 0 Å². The van der Waals surface area contributed by atoms with Crippen molar-refractivity contribution >= 4 is 34.8 Å². The van der Waals surface area contributed by atoms with Crippen molar-refractivity contribution in [2.75, 3.05) is 0 Å². The fourth-order valence-electron chi connectivity index (χ4n) is 1.70. The first-order valence-electron chi connectivity index (χ1n) is 6.44. The molecule has 0 aliphatic rings. The molecule has 18 heavy (non-hydrogen) atoms. The molecule has 2 heterocycles. The average molecular weight is 276 g/mol. The first-order chi connectivity index (χ1) is 8.56. The molecule has 2 rings (SSSR count). The largest absolute Gasteiger partial charge is 0.141 e. The molecule has 96 valence electrons. The molecule has 0 aromatic carbocycles. The van der Waals surface area contributed by atoms with Crippen LogP contribution in [0.2, 0.25) is 0 Å². The van der Waals surface area contributed by atoms with Crippen LogP contribution in [0.4, 0.5) is 0 Å². The van der Waals surface area contributed by atoms with Gasteiger partial charge in [-0.15, -0.1) is 22.7 Å². The molecule has 0 N–H and O–H groups in total. The molecule has 0 bridgehead atoms. The van der Waals surface area contributed by atoms with Gasteiger partial charge in [0.2, 0.25) is 0 Å². The summed E-state index contributed by atoms with van der Waals surface area (Å²) in [5, 5.41) is 0. The van der Waals surface area contributed by atoms with Gasteiger partial charge in [-0.25, -0.2) is 0 Å². The number of hydrogen-bond donors (Lipinski definition) is 0. The molecule has 0 amide bonds. The van der Waals surface area contributed by atoms with Crippen molar-refractivity contribution in [3.8, 4) is 0 Å². The van der Waals surface area contributed by atoms with E-state index in [4.69, 9.17) is 0 Å². The van der Waals surface area contributed by atoms with Gasteiger partial charge in [-0.2, -0.15) is 0 Å². The second-order valence-corrected chi connectivity index (χ2v) is 7.42. The second-order valence-electron chi connectivity index (χ2n) is 5.12. The highest BCUT2D eigenvalue weighted by atomic mass is 32.1. The van der Waals surface area contributed by atoms with Crippen LogP contribution >= 0.6 is 22.7 Å². The van der Waals surface area contributed by atoms with Crippen LogP contribution in [0, 0.1) is 0 Å². The Balaban J connectivity index is 2.09. The summed E-state index contributed by atoms with van der Waals surface area (Å²) >= 11 is 3.78. The highest BCUT2D eigenvalue weighted by molar-refractivity contribution is 7.13. The van der Waals surface area contributed by atoms with Gasteiger partial charge in [0.15, 0.2) is 0 Å². The summed E-state index contributed by atoms with van der Waals surface area (Å²) in [6, 6.07) is 8.91. The van der Waals surface area contributed by atoms with Gasteiger partial charge >= 0.3 is 0 Å². The first-order valence-corrected chi connectivity index (χ1v) is 8.07. The Morgan fingerprint density at radius 3 is 1.39 bits per heavy atom. The summed E-state index contributed by atoms with van der Waals surface area (Å²) in [5.74, 6) is 1.26. The van der Waals surface area contributed by atoms with Crippen molar-refractivity contribution in [1.82, 2.24) is 0 Å². The van der Waals surface area contributed by atoms with E-state index >= 15 is 0 Å². The highest BCUT2D eigenvalue weighted by Gasteiger charge is 2.03. The van der Waals surface area contributed by atoms with E-state index in [1.807, 2.05) is 22.7 Å². The average Bonchev–Trinajstić information content (AvgIpc) is 2.95. The third-order valence-electron chi connectivity index (χ3n) is 2.85. The van der Waals surface area contributed by atoms with Gasteiger partial charge in [-0.3, -0.25) is 0 Å². The van der Waals surface area contributed by atoms with Crippen LogP contribution in [0.15, 0.2) is 24.3 Å². The second kappa shape index (κ2) is 5.85. The predicted molar refractivity (Wildman–Crippen MR) is 85.7 cm³/mol. The van der Waals surface area contributed by atoms with E-state index in [0.717, 1.165) is 0 Å². The molecule has 0 aliphatic carbocycles. The SMILES string of the molecule is CC(C)c1ccc(/C=C/c2ccc(C(C)C)s2)s1. The molecular formula is C16H20S2. The third-order valence-corrected chi connectivity index (χ3v) is 5.55. The lowest BCUT2D eigenvalue weighted by Crippen LogP contribution is -1.77. The maximum atomic E-state index is 2.24. The Labute approximate surface area is 118 Å². The smallest absolute Gasteiger partial charge is 0.0273 e. The molecule has 0 unspecified atom stereocenters. The van der Waals surface area contributed by atoms with Crippen molar-refractivity contribution in [2.24, 2.45) is 0 Å². The molecule has 0 saturated heterocycles. The Morgan fingerprint density at radius 1 is 0.722 bits per heavy atom. The molecule has 0 atom stereocenters. The van der Waals surface area contributed by atoms with E-state index in [0.29, 0.717) is 11.8 Å². The summed E-state index contributed by atoms with van der Waals surface area (Å²) in [4.78, 5) is 5.61. The van der Waals surface area contributed by atoms with Crippen LogP contribution in [0.5, 0.6) is 0 Å². The van der Waals surface area contributed by atoms with Crippen LogP contribution in [0.25, 0.3) is 12.2 Å². The standard InChI is InChI=1S/C16H20S2/c1-11(2)15-9-7-13(17-15)5-6-14-8-10-16(18-14)12(3)4/h5-12H,1-4H3/b6-5+. The fourth-order valence-corrected chi connectivity index (χ4v) is 3.53. The topological polar surface area (TPSA) is 0 Å². The minimum absolute atomic E-state index is 0.631. The van der Waals surface area contributed by atoms with Crippen LogP contribution in [0.1, 0.15) is 59.0 Å². The highest BCUT2D eigenvalue weighted by Crippen LogP contribution is 2.28. The van der Waals surface area contributed by atoms with E-state index in [2.05, 4.69) is 64.1 Å². The number of rotatable bonds is 4. The third kappa shape index (κ3) is 3.33. The van der Waals surface area contributed by atoms with Crippen LogP contribution in [-0.2, 0) is 0 Å². The monoisotopic (exact) mass is 276 g/mol. The molecule has 2 heteroatoms. The Morgan fingerprint density at radius 2 is 1.11 bits per heavy atom. The van der Waals surface area contributed by atoms with Crippen LogP contribution < -0.4 is 0 Å². The van der Waals surface area contributed by atoms with Gasteiger partial charge < -0.3 is 0 Å². The summed E-state index contributed by atoms with van der Waals surface area (Å²) in [6.07, 6.45) is 4.46. The molecule has 0 aliphatic heterocycles. The van der Waals surface area contributed by atoms with Gasteiger partial charge in [-0.1, -0.05) is 27.7 Å². The first kappa shape index (κ1) is 13.6. The fraction of sp³-hybridized carbons (Fsp3) is 0.375. The zero-order valence-electron chi connectivity index (χ0n) is 11.4. The van der Waals surface area contributed by atoms with Gasteiger partial charge in [0.25, 0.3) is 0 Å². The van der Waals surface area contributed by atoms with Crippen molar-refractivity contribution in [1.29, 1.82) is 0 Å². The summed E-state index contributed by atoms with van der Waals surface area (Å²) in [5.41, 5.74) is 0. The Hall–Kier alpha value is -0.860. The normalized spacial score (nSPS) is 12.1. The van der Waals surface area contributed by atoms with Crippen molar-refractivity contribution in [3.05, 3.63) is 43.8 Å². The van der Waals surface area contributed by atoms with E-state index in [-0.39, 0.29) is 0 Å². The lowest BCUT2D eigenvalue weighted by Gasteiger charge is -1.97. The van der Waals surface area contributed by atoms with Gasteiger partial charge in [0.1, 0.15) is 0 Å². The van der Waals surface area contributed by atoms with E-state index in [1.54, 1.807) is 0 Å². The quantitative estimate of drug-likeness (QED) is 0.621. The zero-order chi connectivity index (χ0) is 13.1.